The highest BCUT2D eigenvalue weighted by Crippen LogP contribution is 2.25. The van der Waals surface area contributed by atoms with Crippen molar-refractivity contribution in [1.82, 2.24) is 15.1 Å². The number of morpholine rings is 1. The fourth-order valence-electron chi connectivity index (χ4n) is 2.41. The third kappa shape index (κ3) is 2.85. The number of aromatic nitrogens is 2. The molecule has 2 heterocycles. The summed E-state index contributed by atoms with van der Waals surface area (Å²) in [5.74, 6) is -0.205. The first-order chi connectivity index (χ1) is 10.3. The van der Waals surface area contributed by atoms with E-state index < -0.39 is 0 Å². The fourth-order valence-corrected chi connectivity index (χ4v) is 2.41. The van der Waals surface area contributed by atoms with Gasteiger partial charge in [-0.1, -0.05) is 30.3 Å². The molecule has 0 saturated carbocycles. The molecular formula is C15H15N3O3. The lowest BCUT2D eigenvalue weighted by molar-refractivity contribution is -0.00307. The Labute approximate surface area is 121 Å². The predicted molar refractivity (Wildman–Crippen MR) is 75.9 cm³/mol. The summed E-state index contributed by atoms with van der Waals surface area (Å²) in [6.07, 6.45) is 0. The minimum atomic E-state index is -0.326. The van der Waals surface area contributed by atoms with E-state index in [0.717, 1.165) is 5.56 Å². The second-order valence-electron chi connectivity index (χ2n) is 4.81. The molecule has 0 spiro atoms. The van der Waals surface area contributed by atoms with Crippen LogP contribution >= 0.6 is 0 Å². The Morgan fingerprint density at radius 3 is 2.76 bits per heavy atom. The molecule has 1 N–H and O–H groups in total. The maximum atomic E-state index is 12.6. The van der Waals surface area contributed by atoms with Gasteiger partial charge in [-0.05, 0) is 11.6 Å². The highest BCUT2D eigenvalue weighted by atomic mass is 16.5. The molecule has 1 aliphatic heterocycles. The van der Waals surface area contributed by atoms with Crippen molar-refractivity contribution in [3.63, 3.8) is 0 Å². The van der Waals surface area contributed by atoms with E-state index in [4.69, 9.17) is 4.74 Å². The van der Waals surface area contributed by atoms with Crippen LogP contribution in [0.15, 0.2) is 47.3 Å². The molecule has 6 nitrogen and oxygen atoms in total. The summed E-state index contributed by atoms with van der Waals surface area (Å²) in [7, 11) is 0. The Morgan fingerprint density at radius 2 is 2.05 bits per heavy atom. The second-order valence-corrected chi connectivity index (χ2v) is 4.81. The van der Waals surface area contributed by atoms with Gasteiger partial charge < -0.3 is 9.64 Å². The molecular weight excluding hydrogens is 270 g/mol. The van der Waals surface area contributed by atoms with Gasteiger partial charge in [-0.2, -0.15) is 5.10 Å². The maximum Gasteiger partial charge on any atom is 0.274 e. The van der Waals surface area contributed by atoms with Gasteiger partial charge in [0.25, 0.3) is 11.5 Å². The number of nitrogens with one attached hydrogen (secondary N) is 1. The van der Waals surface area contributed by atoms with E-state index >= 15 is 0 Å². The Morgan fingerprint density at radius 1 is 1.24 bits per heavy atom. The zero-order valence-corrected chi connectivity index (χ0v) is 11.4. The van der Waals surface area contributed by atoms with Crippen LogP contribution < -0.4 is 5.56 Å². The molecule has 3 rings (SSSR count). The van der Waals surface area contributed by atoms with Gasteiger partial charge in [0.15, 0.2) is 0 Å². The molecule has 6 heteroatoms. The second kappa shape index (κ2) is 5.88. The van der Waals surface area contributed by atoms with Crippen LogP contribution in [0.25, 0.3) is 0 Å². The Kier molecular flexibility index (Phi) is 3.79. The van der Waals surface area contributed by atoms with E-state index in [1.807, 2.05) is 30.3 Å². The van der Waals surface area contributed by atoms with Crippen LogP contribution in [0.2, 0.25) is 0 Å². The summed E-state index contributed by atoms with van der Waals surface area (Å²) < 4.78 is 5.50. The number of rotatable bonds is 2. The molecule has 1 saturated heterocycles. The van der Waals surface area contributed by atoms with Gasteiger partial charge in [-0.25, -0.2) is 5.10 Å². The Bertz CT molecular complexity index is 664. The largest absolute Gasteiger partial charge is 0.377 e. The standard InChI is InChI=1S/C15H15N3O3/c19-14-7-6-12(16-17-14)15(20)18-8-9-21-10-13(18)11-4-2-1-3-5-11/h1-7,13H,8-10H2,(H,17,19). The summed E-state index contributed by atoms with van der Waals surface area (Å²) in [5, 5.41) is 6.10. The first-order valence-electron chi connectivity index (χ1n) is 6.75. The van der Waals surface area contributed by atoms with E-state index in [1.54, 1.807) is 4.90 Å². The van der Waals surface area contributed by atoms with Crippen molar-refractivity contribution in [1.29, 1.82) is 0 Å². The van der Waals surface area contributed by atoms with Gasteiger partial charge in [0.1, 0.15) is 5.69 Å². The van der Waals surface area contributed by atoms with Crippen molar-refractivity contribution in [2.24, 2.45) is 0 Å². The lowest BCUT2D eigenvalue weighted by Gasteiger charge is -2.35. The van der Waals surface area contributed by atoms with Gasteiger partial charge in [0.05, 0.1) is 19.3 Å². The van der Waals surface area contributed by atoms with Crippen LogP contribution in [-0.4, -0.2) is 40.8 Å². The van der Waals surface area contributed by atoms with Crippen LogP contribution in [0, 0.1) is 0 Å². The molecule has 1 atom stereocenters. The molecule has 1 amide bonds. The zero-order chi connectivity index (χ0) is 14.7. The highest BCUT2D eigenvalue weighted by molar-refractivity contribution is 5.92. The number of H-pyrrole nitrogens is 1. The van der Waals surface area contributed by atoms with Gasteiger partial charge in [-0.15, -0.1) is 0 Å². The van der Waals surface area contributed by atoms with Crippen LogP contribution in [0.4, 0.5) is 0 Å². The van der Waals surface area contributed by atoms with Crippen LogP contribution in [0.5, 0.6) is 0 Å². The average Bonchev–Trinajstić information content (AvgIpc) is 2.56. The Balaban J connectivity index is 1.89. The summed E-state index contributed by atoms with van der Waals surface area (Å²) in [6, 6.07) is 12.4. The summed E-state index contributed by atoms with van der Waals surface area (Å²) in [6.45, 7) is 1.46. The van der Waals surface area contributed by atoms with Gasteiger partial charge in [0.2, 0.25) is 0 Å². The normalized spacial score (nSPS) is 18.5. The van der Waals surface area contributed by atoms with E-state index in [2.05, 4.69) is 10.2 Å². The number of amides is 1. The highest BCUT2D eigenvalue weighted by Gasteiger charge is 2.29. The monoisotopic (exact) mass is 285 g/mol. The van der Waals surface area contributed by atoms with Gasteiger partial charge >= 0.3 is 0 Å². The number of nitrogens with zero attached hydrogens (tertiary/aromatic N) is 2. The van der Waals surface area contributed by atoms with Crippen molar-refractivity contribution in [2.75, 3.05) is 19.8 Å². The van der Waals surface area contributed by atoms with Crippen LogP contribution in [0.1, 0.15) is 22.1 Å². The van der Waals surface area contributed by atoms with Gasteiger partial charge in [0, 0.05) is 12.6 Å². The molecule has 21 heavy (non-hydrogen) atoms. The SMILES string of the molecule is O=C(c1ccc(=O)[nH]n1)N1CCOCC1c1ccccc1. The third-order valence-corrected chi connectivity index (χ3v) is 3.47. The number of aromatic amines is 1. The molecule has 1 fully saturated rings. The fraction of sp³-hybridized carbons (Fsp3) is 0.267. The lowest BCUT2D eigenvalue weighted by Crippen LogP contribution is -2.43. The molecule has 1 aliphatic rings. The van der Waals surface area contributed by atoms with Gasteiger partial charge in [-0.3, -0.25) is 9.59 Å². The molecule has 0 aliphatic carbocycles. The number of carbonyl (C=O) groups excluding carboxylic acids is 1. The molecule has 1 unspecified atom stereocenters. The van der Waals surface area contributed by atoms with Crippen molar-refractivity contribution in [3.05, 3.63) is 64.1 Å². The number of hydrogen-bond donors (Lipinski definition) is 1. The van der Waals surface area contributed by atoms with E-state index in [9.17, 15) is 9.59 Å². The molecule has 0 radical (unpaired) electrons. The third-order valence-electron chi connectivity index (χ3n) is 3.47. The van der Waals surface area contributed by atoms with E-state index in [-0.39, 0.29) is 23.2 Å². The van der Waals surface area contributed by atoms with E-state index in [1.165, 1.54) is 12.1 Å². The Hall–Kier alpha value is -2.47. The van der Waals surface area contributed by atoms with Crippen molar-refractivity contribution in [3.8, 4) is 0 Å². The van der Waals surface area contributed by atoms with E-state index in [0.29, 0.717) is 19.8 Å². The van der Waals surface area contributed by atoms with Crippen molar-refractivity contribution in [2.45, 2.75) is 6.04 Å². The molecule has 1 aromatic carbocycles. The molecule has 1 aromatic heterocycles. The quantitative estimate of drug-likeness (QED) is 0.892. The van der Waals surface area contributed by atoms with Crippen molar-refractivity contribution < 1.29 is 9.53 Å². The molecule has 2 aromatic rings. The van der Waals surface area contributed by atoms with Crippen molar-refractivity contribution >= 4 is 5.91 Å². The summed E-state index contributed by atoms with van der Waals surface area (Å²) in [5.41, 5.74) is 0.931. The molecule has 108 valence electrons. The van der Waals surface area contributed by atoms with Crippen LogP contribution in [0.3, 0.4) is 0 Å². The summed E-state index contributed by atoms with van der Waals surface area (Å²) in [4.78, 5) is 25.4. The number of ether oxygens (including phenoxy) is 1. The summed E-state index contributed by atoms with van der Waals surface area (Å²) >= 11 is 0. The lowest BCUT2D eigenvalue weighted by atomic mass is 10.0. The molecule has 0 bridgehead atoms. The number of benzene rings is 1. The number of hydrogen-bond acceptors (Lipinski definition) is 4. The zero-order valence-electron chi connectivity index (χ0n) is 11.4. The first-order valence-corrected chi connectivity index (χ1v) is 6.75. The topological polar surface area (TPSA) is 75.3 Å². The predicted octanol–water partition coefficient (Wildman–Crippen LogP) is 0.984. The average molecular weight is 285 g/mol. The minimum absolute atomic E-state index is 0.138. The first kappa shape index (κ1) is 13.5. The maximum absolute atomic E-state index is 12.6. The van der Waals surface area contributed by atoms with Crippen LogP contribution in [-0.2, 0) is 4.74 Å². The smallest absolute Gasteiger partial charge is 0.274 e. The number of carbonyl (C=O) groups is 1. The minimum Gasteiger partial charge on any atom is -0.377 e.